The standard InChI is InChI=1S/C22H19BrO5/c1-3-26-20(24)5-4-12-27-17-10-11-18-19(13-17)28-14(2)21(22(18)25)15-6-8-16(23)9-7-15/h4-11,13H,3,12H2,1-2H3/b5-4-. The molecular weight excluding hydrogens is 424 g/mol. The number of carbonyl (C=O) groups excluding carboxylic acids is 1. The van der Waals surface area contributed by atoms with Gasteiger partial charge >= 0.3 is 5.97 Å². The van der Waals surface area contributed by atoms with Crippen molar-refractivity contribution in [3.63, 3.8) is 0 Å². The highest BCUT2D eigenvalue weighted by atomic mass is 79.9. The van der Waals surface area contributed by atoms with Crippen molar-refractivity contribution in [3.05, 3.63) is 75.1 Å². The lowest BCUT2D eigenvalue weighted by molar-refractivity contribution is -0.137. The van der Waals surface area contributed by atoms with Crippen LogP contribution in [-0.2, 0) is 9.53 Å². The number of halogens is 1. The molecule has 0 spiro atoms. The summed E-state index contributed by atoms with van der Waals surface area (Å²) in [5.41, 5.74) is 1.72. The first-order valence-corrected chi connectivity index (χ1v) is 9.58. The monoisotopic (exact) mass is 442 g/mol. The zero-order valence-corrected chi connectivity index (χ0v) is 17.1. The Morgan fingerprint density at radius 3 is 2.64 bits per heavy atom. The maximum absolute atomic E-state index is 13.0. The minimum atomic E-state index is -0.410. The van der Waals surface area contributed by atoms with Gasteiger partial charge in [-0.15, -0.1) is 0 Å². The van der Waals surface area contributed by atoms with Crippen molar-refractivity contribution in [2.75, 3.05) is 13.2 Å². The van der Waals surface area contributed by atoms with Crippen LogP contribution in [0.25, 0.3) is 22.1 Å². The summed E-state index contributed by atoms with van der Waals surface area (Å²) >= 11 is 3.40. The molecule has 0 unspecified atom stereocenters. The Morgan fingerprint density at radius 1 is 1.18 bits per heavy atom. The molecule has 1 heterocycles. The Morgan fingerprint density at radius 2 is 1.93 bits per heavy atom. The van der Waals surface area contributed by atoms with Crippen molar-refractivity contribution < 1.29 is 18.7 Å². The lowest BCUT2D eigenvalue weighted by Crippen LogP contribution is -2.07. The first-order chi connectivity index (χ1) is 13.5. The van der Waals surface area contributed by atoms with E-state index in [1.165, 1.54) is 6.08 Å². The second-order valence-electron chi connectivity index (χ2n) is 5.99. The van der Waals surface area contributed by atoms with E-state index in [0.29, 0.717) is 34.6 Å². The molecule has 5 nitrogen and oxygen atoms in total. The third-order valence-electron chi connectivity index (χ3n) is 4.06. The van der Waals surface area contributed by atoms with Crippen LogP contribution < -0.4 is 10.2 Å². The Bertz CT molecular complexity index is 1080. The summed E-state index contributed by atoms with van der Waals surface area (Å²) < 4.78 is 17.2. The largest absolute Gasteiger partial charge is 0.489 e. The van der Waals surface area contributed by atoms with Crippen LogP contribution >= 0.6 is 15.9 Å². The summed E-state index contributed by atoms with van der Waals surface area (Å²) in [4.78, 5) is 24.2. The first kappa shape index (κ1) is 19.9. The number of aryl methyl sites for hydroxylation is 1. The van der Waals surface area contributed by atoms with Crippen LogP contribution in [0.5, 0.6) is 5.75 Å². The van der Waals surface area contributed by atoms with E-state index in [-0.39, 0.29) is 12.0 Å². The number of hydrogen-bond donors (Lipinski definition) is 0. The smallest absolute Gasteiger partial charge is 0.330 e. The molecule has 6 heteroatoms. The molecule has 144 valence electrons. The van der Waals surface area contributed by atoms with Gasteiger partial charge in [-0.3, -0.25) is 4.79 Å². The van der Waals surface area contributed by atoms with E-state index in [2.05, 4.69) is 15.9 Å². The molecule has 0 saturated heterocycles. The van der Waals surface area contributed by atoms with Crippen molar-refractivity contribution in [3.8, 4) is 16.9 Å². The summed E-state index contributed by atoms with van der Waals surface area (Å²) in [6.45, 7) is 4.04. The quantitative estimate of drug-likeness (QED) is 0.395. The van der Waals surface area contributed by atoms with Gasteiger partial charge in [-0.25, -0.2) is 4.79 Å². The molecule has 28 heavy (non-hydrogen) atoms. The summed E-state index contributed by atoms with van der Waals surface area (Å²) in [5, 5.41) is 0.484. The fourth-order valence-electron chi connectivity index (χ4n) is 2.80. The van der Waals surface area contributed by atoms with E-state index < -0.39 is 5.97 Å². The Balaban J connectivity index is 1.86. The highest BCUT2D eigenvalue weighted by molar-refractivity contribution is 9.10. The molecule has 2 aromatic carbocycles. The van der Waals surface area contributed by atoms with Crippen molar-refractivity contribution in [2.45, 2.75) is 13.8 Å². The van der Waals surface area contributed by atoms with Crippen molar-refractivity contribution in [2.24, 2.45) is 0 Å². The topological polar surface area (TPSA) is 65.7 Å². The van der Waals surface area contributed by atoms with Gasteiger partial charge in [0.15, 0.2) is 0 Å². The molecule has 0 N–H and O–H groups in total. The fourth-order valence-corrected chi connectivity index (χ4v) is 3.07. The number of hydrogen-bond acceptors (Lipinski definition) is 5. The zero-order chi connectivity index (χ0) is 20.1. The molecular formula is C22H19BrO5. The number of benzene rings is 2. The maximum atomic E-state index is 13.0. The molecule has 0 radical (unpaired) electrons. The number of ether oxygens (including phenoxy) is 2. The van der Waals surface area contributed by atoms with E-state index in [1.807, 2.05) is 24.3 Å². The second-order valence-corrected chi connectivity index (χ2v) is 6.91. The van der Waals surface area contributed by atoms with Crippen molar-refractivity contribution in [1.82, 2.24) is 0 Å². The third-order valence-corrected chi connectivity index (χ3v) is 4.59. The second kappa shape index (κ2) is 8.89. The molecule has 1 aromatic heterocycles. The average Bonchev–Trinajstić information content (AvgIpc) is 2.67. The van der Waals surface area contributed by atoms with E-state index in [4.69, 9.17) is 13.9 Å². The molecule has 0 fully saturated rings. The molecule has 0 atom stereocenters. The number of carbonyl (C=O) groups is 1. The maximum Gasteiger partial charge on any atom is 0.330 e. The molecule has 0 bridgehead atoms. The van der Waals surface area contributed by atoms with Crippen molar-refractivity contribution in [1.29, 1.82) is 0 Å². The summed E-state index contributed by atoms with van der Waals surface area (Å²) in [6.07, 6.45) is 2.89. The molecule has 3 aromatic rings. The molecule has 0 aliphatic rings. The summed E-state index contributed by atoms with van der Waals surface area (Å²) in [7, 11) is 0. The van der Waals surface area contributed by atoms with E-state index in [9.17, 15) is 9.59 Å². The van der Waals surface area contributed by atoms with Crippen LogP contribution in [0.1, 0.15) is 12.7 Å². The van der Waals surface area contributed by atoms with Gasteiger partial charge < -0.3 is 13.9 Å². The summed E-state index contributed by atoms with van der Waals surface area (Å²) in [6, 6.07) is 12.6. The Labute approximate surface area is 170 Å². The average molecular weight is 443 g/mol. The minimum absolute atomic E-state index is 0.0881. The lowest BCUT2D eigenvalue weighted by Gasteiger charge is -2.09. The lowest BCUT2D eigenvalue weighted by atomic mass is 10.0. The number of fused-ring (bicyclic) bond motifs is 1. The van der Waals surface area contributed by atoms with E-state index in [1.54, 1.807) is 38.1 Å². The van der Waals surface area contributed by atoms with Crippen molar-refractivity contribution >= 4 is 32.9 Å². The molecule has 0 saturated carbocycles. The highest BCUT2D eigenvalue weighted by Crippen LogP contribution is 2.27. The SMILES string of the molecule is CCOC(=O)/C=C\COc1ccc2c(=O)c(-c3ccc(Br)cc3)c(C)oc2c1. The van der Waals surface area contributed by atoms with Gasteiger partial charge in [-0.1, -0.05) is 28.1 Å². The molecule has 0 amide bonds. The van der Waals surface area contributed by atoms with Gasteiger partial charge in [0.25, 0.3) is 0 Å². The van der Waals surface area contributed by atoms with E-state index >= 15 is 0 Å². The zero-order valence-electron chi connectivity index (χ0n) is 15.5. The first-order valence-electron chi connectivity index (χ1n) is 8.79. The predicted molar refractivity (Wildman–Crippen MR) is 112 cm³/mol. The summed E-state index contributed by atoms with van der Waals surface area (Å²) in [5.74, 6) is 0.672. The van der Waals surface area contributed by atoms with E-state index in [0.717, 1.165) is 10.0 Å². The van der Waals surface area contributed by atoms with Crippen LogP contribution in [0.4, 0.5) is 0 Å². The minimum Gasteiger partial charge on any atom is -0.489 e. The molecule has 3 rings (SSSR count). The van der Waals surface area contributed by atoms with Gasteiger partial charge in [0.1, 0.15) is 23.7 Å². The highest BCUT2D eigenvalue weighted by Gasteiger charge is 2.14. The fraction of sp³-hybridized carbons (Fsp3) is 0.182. The molecule has 0 aliphatic heterocycles. The van der Waals surface area contributed by atoms with Crippen LogP contribution in [0, 0.1) is 6.92 Å². The normalized spacial score (nSPS) is 11.1. The van der Waals surface area contributed by atoms with Crippen LogP contribution in [0.15, 0.2) is 68.3 Å². The van der Waals surface area contributed by atoms with Gasteiger partial charge in [-0.2, -0.15) is 0 Å². The van der Waals surface area contributed by atoms with Gasteiger partial charge in [-0.05, 0) is 49.8 Å². The number of rotatable bonds is 6. The van der Waals surface area contributed by atoms with Gasteiger partial charge in [0.05, 0.1) is 17.6 Å². The predicted octanol–water partition coefficient (Wildman–Crippen LogP) is 5.03. The third kappa shape index (κ3) is 4.51. The number of esters is 1. The van der Waals surface area contributed by atoms with Crippen LogP contribution in [0.3, 0.4) is 0 Å². The van der Waals surface area contributed by atoms with Gasteiger partial charge in [0, 0.05) is 16.6 Å². The molecule has 0 aliphatic carbocycles. The van der Waals surface area contributed by atoms with Gasteiger partial charge in [0.2, 0.25) is 5.43 Å². The van der Waals surface area contributed by atoms with Crippen LogP contribution in [-0.4, -0.2) is 19.2 Å². The Hall–Kier alpha value is -2.86. The van der Waals surface area contributed by atoms with Crippen LogP contribution in [0.2, 0.25) is 0 Å². The Kier molecular flexibility index (Phi) is 6.31.